The maximum absolute atomic E-state index is 13.0. The molecular weight excluding hydrogens is 237 g/mol. The molecule has 100 valence electrons. The second-order valence-corrected chi connectivity index (χ2v) is 3.79. The van der Waals surface area contributed by atoms with E-state index >= 15 is 0 Å². The molecule has 0 saturated heterocycles. The number of nitrogen functional groups attached to an aromatic ring is 1. The van der Waals surface area contributed by atoms with Crippen LogP contribution in [0.25, 0.3) is 0 Å². The number of methoxy groups -OCH3 is 1. The van der Waals surface area contributed by atoms with Gasteiger partial charge in [-0.3, -0.25) is 4.79 Å². The van der Waals surface area contributed by atoms with Crippen LogP contribution >= 0.6 is 0 Å². The SMILES string of the molecule is COCCNC(=O)CCNc1cc(N)cc(F)c1. The molecule has 18 heavy (non-hydrogen) atoms. The van der Waals surface area contributed by atoms with E-state index in [-0.39, 0.29) is 5.91 Å². The number of anilines is 2. The predicted molar refractivity (Wildman–Crippen MR) is 68.8 cm³/mol. The number of carbonyl (C=O) groups excluding carboxylic acids is 1. The van der Waals surface area contributed by atoms with Crippen molar-refractivity contribution in [1.29, 1.82) is 0 Å². The molecule has 0 bridgehead atoms. The van der Waals surface area contributed by atoms with Crippen LogP contribution in [0.4, 0.5) is 15.8 Å². The summed E-state index contributed by atoms with van der Waals surface area (Å²) in [5.74, 6) is -0.481. The average molecular weight is 255 g/mol. The Labute approximate surface area is 106 Å². The lowest BCUT2D eigenvalue weighted by Crippen LogP contribution is -2.28. The molecule has 1 aromatic carbocycles. The Balaban J connectivity index is 2.26. The van der Waals surface area contributed by atoms with Crippen molar-refractivity contribution in [1.82, 2.24) is 5.32 Å². The van der Waals surface area contributed by atoms with E-state index in [1.807, 2.05) is 0 Å². The average Bonchev–Trinajstić information content (AvgIpc) is 2.28. The maximum atomic E-state index is 13.0. The molecule has 1 aromatic rings. The third-order valence-corrected chi connectivity index (χ3v) is 2.23. The van der Waals surface area contributed by atoms with Crippen molar-refractivity contribution in [2.75, 3.05) is 37.9 Å². The number of benzene rings is 1. The number of rotatable bonds is 7. The zero-order valence-electron chi connectivity index (χ0n) is 10.3. The van der Waals surface area contributed by atoms with E-state index in [0.29, 0.717) is 37.5 Å². The van der Waals surface area contributed by atoms with E-state index in [0.717, 1.165) is 0 Å². The summed E-state index contributed by atoms with van der Waals surface area (Å²) in [5, 5.41) is 5.63. The summed E-state index contributed by atoms with van der Waals surface area (Å²) < 4.78 is 17.8. The van der Waals surface area contributed by atoms with Crippen molar-refractivity contribution in [3.05, 3.63) is 24.0 Å². The van der Waals surface area contributed by atoms with Gasteiger partial charge in [0.2, 0.25) is 5.91 Å². The number of amides is 1. The third kappa shape index (κ3) is 5.49. The van der Waals surface area contributed by atoms with Gasteiger partial charge in [-0.25, -0.2) is 4.39 Å². The zero-order valence-corrected chi connectivity index (χ0v) is 10.3. The molecule has 1 rings (SSSR count). The Kier molecular flexibility index (Phi) is 5.93. The Morgan fingerprint density at radius 1 is 1.39 bits per heavy atom. The predicted octanol–water partition coefficient (Wildman–Crippen LogP) is 0.972. The fourth-order valence-electron chi connectivity index (χ4n) is 1.42. The van der Waals surface area contributed by atoms with Crippen molar-refractivity contribution in [3.8, 4) is 0 Å². The zero-order chi connectivity index (χ0) is 13.4. The summed E-state index contributed by atoms with van der Waals surface area (Å²) >= 11 is 0. The second kappa shape index (κ2) is 7.50. The molecular formula is C12H18FN3O2. The Morgan fingerprint density at radius 2 is 2.17 bits per heavy atom. The van der Waals surface area contributed by atoms with Gasteiger partial charge in [0.15, 0.2) is 0 Å². The van der Waals surface area contributed by atoms with Gasteiger partial charge < -0.3 is 21.1 Å². The van der Waals surface area contributed by atoms with Crippen LogP contribution in [0, 0.1) is 5.82 Å². The van der Waals surface area contributed by atoms with Crippen LogP contribution in [0.1, 0.15) is 6.42 Å². The Morgan fingerprint density at radius 3 is 2.83 bits per heavy atom. The molecule has 0 spiro atoms. The number of hydrogen-bond donors (Lipinski definition) is 3. The van der Waals surface area contributed by atoms with Crippen LogP contribution in [-0.4, -0.2) is 32.7 Å². The summed E-state index contributed by atoms with van der Waals surface area (Å²) in [6.07, 6.45) is 0.306. The summed E-state index contributed by atoms with van der Waals surface area (Å²) in [7, 11) is 1.57. The van der Waals surface area contributed by atoms with Crippen LogP contribution in [0.5, 0.6) is 0 Å². The number of ether oxygens (including phenoxy) is 1. The Hall–Kier alpha value is -1.82. The van der Waals surface area contributed by atoms with Crippen molar-refractivity contribution < 1.29 is 13.9 Å². The van der Waals surface area contributed by atoms with Crippen molar-refractivity contribution in [2.45, 2.75) is 6.42 Å². The molecule has 0 atom stereocenters. The first-order valence-electron chi connectivity index (χ1n) is 5.67. The molecule has 6 heteroatoms. The molecule has 0 radical (unpaired) electrons. The van der Waals surface area contributed by atoms with Gasteiger partial charge in [-0.1, -0.05) is 0 Å². The molecule has 0 unspecified atom stereocenters. The van der Waals surface area contributed by atoms with E-state index in [2.05, 4.69) is 10.6 Å². The third-order valence-electron chi connectivity index (χ3n) is 2.23. The van der Waals surface area contributed by atoms with Gasteiger partial charge in [-0.05, 0) is 18.2 Å². The van der Waals surface area contributed by atoms with Gasteiger partial charge in [-0.15, -0.1) is 0 Å². The lowest BCUT2D eigenvalue weighted by molar-refractivity contribution is -0.121. The molecule has 0 aliphatic heterocycles. The largest absolute Gasteiger partial charge is 0.399 e. The summed E-state index contributed by atoms with van der Waals surface area (Å²) in [6.45, 7) is 1.39. The first-order chi connectivity index (χ1) is 8.61. The van der Waals surface area contributed by atoms with E-state index in [1.54, 1.807) is 13.2 Å². The minimum atomic E-state index is -0.401. The van der Waals surface area contributed by atoms with Crippen LogP contribution in [0.3, 0.4) is 0 Å². The van der Waals surface area contributed by atoms with Crippen LogP contribution in [-0.2, 0) is 9.53 Å². The van der Waals surface area contributed by atoms with E-state index in [9.17, 15) is 9.18 Å². The fourth-order valence-corrected chi connectivity index (χ4v) is 1.42. The summed E-state index contributed by atoms with van der Waals surface area (Å²) in [4.78, 5) is 11.3. The van der Waals surface area contributed by atoms with Gasteiger partial charge in [0.25, 0.3) is 0 Å². The van der Waals surface area contributed by atoms with Gasteiger partial charge in [0.1, 0.15) is 5.82 Å². The smallest absolute Gasteiger partial charge is 0.221 e. The normalized spacial score (nSPS) is 10.1. The van der Waals surface area contributed by atoms with Gasteiger partial charge in [0, 0.05) is 38.0 Å². The van der Waals surface area contributed by atoms with Crippen molar-refractivity contribution in [2.24, 2.45) is 0 Å². The highest BCUT2D eigenvalue weighted by atomic mass is 19.1. The summed E-state index contributed by atoms with van der Waals surface area (Å²) in [5.41, 5.74) is 6.41. The molecule has 0 heterocycles. The molecule has 0 fully saturated rings. The highest BCUT2D eigenvalue weighted by Crippen LogP contribution is 2.15. The Bertz CT molecular complexity index is 379. The molecule has 0 aromatic heterocycles. The van der Waals surface area contributed by atoms with E-state index in [4.69, 9.17) is 10.5 Å². The van der Waals surface area contributed by atoms with Crippen LogP contribution in [0.2, 0.25) is 0 Å². The molecule has 0 saturated carbocycles. The standard InChI is InChI=1S/C12H18FN3O2/c1-18-5-4-16-12(17)2-3-15-11-7-9(13)6-10(14)8-11/h6-8,15H,2-5,14H2,1H3,(H,16,17). The topological polar surface area (TPSA) is 76.4 Å². The minimum Gasteiger partial charge on any atom is -0.399 e. The number of halogens is 1. The molecule has 5 nitrogen and oxygen atoms in total. The maximum Gasteiger partial charge on any atom is 0.221 e. The number of nitrogens with two attached hydrogens (primary N) is 1. The number of carbonyl (C=O) groups is 1. The van der Waals surface area contributed by atoms with Gasteiger partial charge in [-0.2, -0.15) is 0 Å². The first-order valence-corrected chi connectivity index (χ1v) is 5.67. The van der Waals surface area contributed by atoms with E-state index < -0.39 is 5.82 Å². The fraction of sp³-hybridized carbons (Fsp3) is 0.417. The molecule has 1 amide bonds. The minimum absolute atomic E-state index is 0.0797. The second-order valence-electron chi connectivity index (χ2n) is 3.79. The van der Waals surface area contributed by atoms with Crippen LogP contribution < -0.4 is 16.4 Å². The summed E-state index contributed by atoms with van der Waals surface area (Å²) in [6, 6.07) is 4.19. The van der Waals surface area contributed by atoms with Crippen molar-refractivity contribution >= 4 is 17.3 Å². The highest BCUT2D eigenvalue weighted by Gasteiger charge is 2.01. The monoisotopic (exact) mass is 255 g/mol. The van der Waals surface area contributed by atoms with Crippen LogP contribution in [0.15, 0.2) is 18.2 Å². The molecule has 0 aliphatic rings. The number of nitrogens with one attached hydrogen (secondary N) is 2. The van der Waals surface area contributed by atoms with Gasteiger partial charge >= 0.3 is 0 Å². The van der Waals surface area contributed by atoms with Crippen molar-refractivity contribution in [3.63, 3.8) is 0 Å². The van der Waals surface area contributed by atoms with Gasteiger partial charge in [0.05, 0.1) is 6.61 Å². The number of hydrogen-bond acceptors (Lipinski definition) is 4. The molecule has 4 N–H and O–H groups in total. The van der Waals surface area contributed by atoms with E-state index in [1.165, 1.54) is 12.1 Å². The quantitative estimate of drug-likeness (QED) is 0.501. The molecule has 0 aliphatic carbocycles. The lowest BCUT2D eigenvalue weighted by atomic mass is 10.2. The lowest BCUT2D eigenvalue weighted by Gasteiger charge is -2.08. The first kappa shape index (κ1) is 14.2. The highest BCUT2D eigenvalue weighted by molar-refractivity contribution is 5.76.